The van der Waals surface area contributed by atoms with Crippen LogP contribution in [0.1, 0.15) is 37.3 Å². The van der Waals surface area contributed by atoms with Gasteiger partial charge >= 0.3 is 0 Å². The highest BCUT2D eigenvalue weighted by Crippen LogP contribution is 2.34. The molecule has 0 aliphatic rings. The Bertz CT molecular complexity index is 913. The average Bonchev–Trinajstić information content (AvgIpc) is 2.95. The molecular weight excluding hydrogens is 327 g/mol. The number of nitrogens with zero attached hydrogens (tertiary/aromatic N) is 1. The van der Waals surface area contributed by atoms with Crippen LogP contribution in [0.25, 0.3) is 10.9 Å². The molecule has 1 amide bonds. The minimum atomic E-state index is -0.282. The van der Waals surface area contributed by atoms with E-state index in [1.165, 1.54) is 12.1 Å². The first-order valence-corrected chi connectivity index (χ1v) is 9.02. The van der Waals surface area contributed by atoms with Gasteiger partial charge in [0.25, 0.3) is 0 Å². The number of hydrogen-bond donors (Lipinski definition) is 1. The Labute approximate surface area is 153 Å². The van der Waals surface area contributed by atoms with Crippen molar-refractivity contribution in [1.29, 1.82) is 0 Å². The summed E-state index contributed by atoms with van der Waals surface area (Å²) in [6.45, 7) is 4.77. The Morgan fingerprint density at radius 3 is 2.65 bits per heavy atom. The Kier molecular flexibility index (Phi) is 5.40. The first-order chi connectivity index (χ1) is 12.5. The van der Waals surface area contributed by atoms with Crippen molar-refractivity contribution in [1.82, 2.24) is 9.88 Å². The maximum Gasteiger partial charge on any atom is 0.220 e. The standard InChI is InChI=1S/C22H25FN2O/c1-15(2)13-24-22(26)12-19(16-7-6-8-17(23)11-16)20-14-25(3)21-10-5-4-9-18(20)21/h4-11,14-15,19H,12-13H2,1-3H3,(H,24,26). The number of fused-ring (bicyclic) bond motifs is 1. The molecule has 0 saturated carbocycles. The lowest BCUT2D eigenvalue weighted by Crippen LogP contribution is -2.28. The lowest BCUT2D eigenvalue weighted by Gasteiger charge is -2.18. The molecule has 0 spiro atoms. The quantitative estimate of drug-likeness (QED) is 0.690. The summed E-state index contributed by atoms with van der Waals surface area (Å²) in [5.41, 5.74) is 2.97. The molecular formula is C22H25FN2O. The maximum absolute atomic E-state index is 13.8. The van der Waals surface area contributed by atoms with Gasteiger partial charge in [0.15, 0.2) is 0 Å². The largest absolute Gasteiger partial charge is 0.356 e. The van der Waals surface area contributed by atoms with Crippen molar-refractivity contribution in [3.8, 4) is 0 Å². The van der Waals surface area contributed by atoms with Crippen LogP contribution in [0.3, 0.4) is 0 Å². The number of aryl methyl sites for hydroxylation is 1. The second-order valence-electron chi connectivity index (χ2n) is 7.22. The molecule has 1 aromatic heterocycles. The molecule has 0 aliphatic heterocycles. The molecule has 0 radical (unpaired) electrons. The van der Waals surface area contributed by atoms with Crippen LogP contribution >= 0.6 is 0 Å². The first-order valence-electron chi connectivity index (χ1n) is 9.02. The van der Waals surface area contributed by atoms with Crippen molar-refractivity contribution in [3.05, 3.63) is 71.7 Å². The third-order valence-corrected chi connectivity index (χ3v) is 4.65. The van der Waals surface area contributed by atoms with Gasteiger partial charge in [-0.2, -0.15) is 0 Å². The van der Waals surface area contributed by atoms with Crippen molar-refractivity contribution in [3.63, 3.8) is 0 Å². The van der Waals surface area contributed by atoms with Crippen LogP contribution in [0.2, 0.25) is 0 Å². The van der Waals surface area contributed by atoms with Gasteiger partial charge in [0.2, 0.25) is 5.91 Å². The Hall–Kier alpha value is -2.62. The van der Waals surface area contributed by atoms with E-state index in [0.29, 0.717) is 18.9 Å². The number of rotatable bonds is 6. The summed E-state index contributed by atoms with van der Waals surface area (Å²) in [7, 11) is 1.99. The topological polar surface area (TPSA) is 34.0 Å². The van der Waals surface area contributed by atoms with Gasteiger partial charge in [-0.3, -0.25) is 4.79 Å². The normalized spacial score (nSPS) is 12.5. The third kappa shape index (κ3) is 3.96. The fourth-order valence-corrected chi connectivity index (χ4v) is 3.36. The van der Waals surface area contributed by atoms with E-state index in [4.69, 9.17) is 0 Å². The molecule has 1 heterocycles. The fourth-order valence-electron chi connectivity index (χ4n) is 3.36. The number of halogens is 1. The van der Waals surface area contributed by atoms with Gasteiger partial charge in [-0.05, 0) is 35.2 Å². The van der Waals surface area contributed by atoms with Gasteiger partial charge in [-0.1, -0.05) is 44.2 Å². The summed E-state index contributed by atoms with van der Waals surface area (Å²) in [5.74, 6) is -0.0932. The third-order valence-electron chi connectivity index (χ3n) is 4.65. The number of benzene rings is 2. The van der Waals surface area contributed by atoms with E-state index >= 15 is 0 Å². The predicted molar refractivity (Wildman–Crippen MR) is 104 cm³/mol. The molecule has 1 unspecified atom stereocenters. The molecule has 2 aromatic carbocycles. The molecule has 1 atom stereocenters. The van der Waals surface area contributed by atoms with E-state index in [1.807, 2.05) is 25.2 Å². The van der Waals surface area contributed by atoms with Crippen molar-refractivity contribution in [2.45, 2.75) is 26.2 Å². The van der Waals surface area contributed by atoms with Crippen molar-refractivity contribution < 1.29 is 9.18 Å². The average molecular weight is 352 g/mol. The number of carbonyl (C=O) groups excluding carboxylic acids is 1. The minimum Gasteiger partial charge on any atom is -0.356 e. The van der Waals surface area contributed by atoms with Crippen molar-refractivity contribution in [2.24, 2.45) is 13.0 Å². The number of carbonyl (C=O) groups is 1. The lowest BCUT2D eigenvalue weighted by atomic mass is 9.88. The van der Waals surface area contributed by atoms with E-state index < -0.39 is 0 Å². The summed E-state index contributed by atoms with van der Waals surface area (Å²) in [4.78, 5) is 12.5. The molecule has 26 heavy (non-hydrogen) atoms. The molecule has 3 rings (SSSR count). The van der Waals surface area contributed by atoms with Gasteiger partial charge < -0.3 is 9.88 Å². The van der Waals surface area contributed by atoms with E-state index in [9.17, 15) is 9.18 Å². The van der Waals surface area contributed by atoms with Crippen LogP contribution in [0.15, 0.2) is 54.7 Å². The monoisotopic (exact) mass is 352 g/mol. The van der Waals surface area contributed by atoms with Gasteiger partial charge in [0.05, 0.1) is 0 Å². The second-order valence-corrected chi connectivity index (χ2v) is 7.22. The molecule has 136 valence electrons. The zero-order chi connectivity index (χ0) is 18.7. The van der Waals surface area contributed by atoms with Crippen LogP contribution in [0.4, 0.5) is 4.39 Å². The van der Waals surface area contributed by atoms with Crippen LogP contribution in [0, 0.1) is 11.7 Å². The molecule has 3 nitrogen and oxygen atoms in total. The SMILES string of the molecule is CC(C)CNC(=O)CC(c1cccc(F)c1)c1cn(C)c2ccccc12. The van der Waals surface area contributed by atoms with E-state index in [-0.39, 0.29) is 17.6 Å². The second kappa shape index (κ2) is 7.73. The fraction of sp³-hybridized carbons (Fsp3) is 0.318. The Balaban J connectivity index is 2.01. The maximum atomic E-state index is 13.8. The number of para-hydroxylation sites is 1. The highest BCUT2D eigenvalue weighted by atomic mass is 19.1. The molecule has 0 fully saturated rings. The Morgan fingerprint density at radius 2 is 1.92 bits per heavy atom. The van der Waals surface area contributed by atoms with Gasteiger partial charge in [0.1, 0.15) is 5.82 Å². The van der Waals surface area contributed by atoms with E-state index in [2.05, 4.69) is 42.1 Å². The first kappa shape index (κ1) is 18.2. The zero-order valence-electron chi connectivity index (χ0n) is 15.5. The molecule has 1 N–H and O–H groups in total. The molecule has 0 bridgehead atoms. The summed E-state index contributed by atoms with van der Waals surface area (Å²) in [6.07, 6.45) is 2.35. The predicted octanol–water partition coefficient (Wildman–Crippen LogP) is 4.61. The molecule has 3 aromatic rings. The highest BCUT2D eigenvalue weighted by Gasteiger charge is 2.22. The number of nitrogens with one attached hydrogen (secondary N) is 1. The van der Waals surface area contributed by atoms with Gasteiger partial charge in [0, 0.05) is 43.0 Å². The zero-order valence-corrected chi connectivity index (χ0v) is 15.5. The number of aromatic nitrogens is 1. The smallest absolute Gasteiger partial charge is 0.220 e. The van der Waals surface area contributed by atoms with Crippen molar-refractivity contribution >= 4 is 16.8 Å². The van der Waals surface area contributed by atoms with E-state index in [1.54, 1.807) is 6.07 Å². The summed E-state index contributed by atoms with van der Waals surface area (Å²) < 4.78 is 15.9. The molecule has 0 saturated heterocycles. The summed E-state index contributed by atoms with van der Waals surface area (Å²) >= 11 is 0. The summed E-state index contributed by atoms with van der Waals surface area (Å²) in [6, 6.07) is 14.7. The van der Waals surface area contributed by atoms with E-state index in [0.717, 1.165) is 22.0 Å². The van der Waals surface area contributed by atoms with Crippen LogP contribution in [-0.4, -0.2) is 17.0 Å². The lowest BCUT2D eigenvalue weighted by molar-refractivity contribution is -0.121. The Morgan fingerprint density at radius 1 is 1.15 bits per heavy atom. The molecule has 4 heteroatoms. The minimum absolute atomic E-state index is 0.0131. The number of amides is 1. The van der Waals surface area contributed by atoms with Gasteiger partial charge in [-0.15, -0.1) is 0 Å². The van der Waals surface area contributed by atoms with Gasteiger partial charge in [-0.25, -0.2) is 4.39 Å². The molecule has 0 aliphatic carbocycles. The number of hydrogen-bond acceptors (Lipinski definition) is 1. The highest BCUT2D eigenvalue weighted by molar-refractivity contribution is 5.86. The van der Waals surface area contributed by atoms with Crippen LogP contribution < -0.4 is 5.32 Å². The van der Waals surface area contributed by atoms with Crippen LogP contribution in [0.5, 0.6) is 0 Å². The summed E-state index contributed by atoms with van der Waals surface area (Å²) in [5, 5.41) is 4.08. The van der Waals surface area contributed by atoms with Crippen LogP contribution in [-0.2, 0) is 11.8 Å². The van der Waals surface area contributed by atoms with Crippen molar-refractivity contribution in [2.75, 3.05) is 6.54 Å².